The van der Waals surface area contributed by atoms with Crippen LogP contribution in [0.25, 0.3) is 22.3 Å². The van der Waals surface area contributed by atoms with Crippen molar-refractivity contribution >= 4 is 16.8 Å². The van der Waals surface area contributed by atoms with Gasteiger partial charge >= 0.3 is 0 Å². The van der Waals surface area contributed by atoms with E-state index in [1.807, 2.05) is 17.0 Å². The SMILES string of the molecule is CC(=O)N1CCCCC1c1nc(-c2ccc3[nH]c(C)c(C)c3c2)no1. The van der Waals surface area contributed by atoms with Crippen molar-refractivity contribution in [2.24, 2.45) is 0 Å². The van der Waals surface area contributed by atoms with Gasteiger partial charge in [-0.05, 0) is 56.9 Å². The fourth-order valence-electron chi connectivity index (χ4n) is 3.65. The molecule has 0 aliphatic carbocycles. The third-order valence-electron chi connectivity index (χ3n) is 5.20. The number of aryl methyl sites for hydroxylation is 2. The lowest BCUT2D eigenvalue weighted by molar-refractivity contribution is -0.133. The lowest BCUT2D eigenvalue weighted by Gasteiger charge is -2.32. The van der Waals surface area contributed by atoms with Gasteiger partial charge in [-0.25, -0.2) is 0 Å². The molecule has 1 aliphatic heterocycles. The topological polar surface area (TPSA) is 75.0 Å². The second kappa shape index (κ2) is 6.02. The third kappa shape index (κ3) is 2.71. The minimum atomic E-state index is -0.104. The molecule has 3 heterocycles. The Balaban J connectivity index is 1.69. The van der Waals surface area contributed by atoms with Gasteiger partial charge in [-0.3, -0.25) is 4.79 Å². The number of H-pyrrole nitrogens is 1. The van der Waals surface area contributed by atoms with Crippen molar-refractivity contribution in [2.75, 3.05) is 6.54 Å². The molecule has 1 amide bonds. The Bertz CT molecular complexity index is 940. The van der Waals surface area contributed by atoms with E-state index in [-0.39, 0.29) is 11.9 Å². The minimum Gasteiger partial charge on any atom is -0.358 e. The number of piperidine rings is 1. The number of nitrogens with one attached hydrogen (secondary N) is 1. The molecule has 6 nitrogen and oxygen atoms in total. The summed E-state index contributed by atoms with van der Waals surface area (Å²) in [7, 11) is 0. The van der Waals surface area contributed by atoms with E-state index in [0.29, 0.717) is 11.7 Å². The van der Waals surface area contributed by atoms with Crippen LogP contribution < -0.4 is 0 Å². The Morgan fingerprint density at radius 2 is 2.16 bits per heavy atom. The Morgan fingerprint density at radius 3 is 2.96 bits per heavy atom. The highest BCUT2D eigenvalue weighted by Gasteiger charge is 2.30. The van der Waals surface area contributed by atoms with Gasteiger partial charge in [0.15, 0.2) is 0 Å². The Morgan fingerprint density at radius 1 is 1.32 bits per heavy atom. The van der Waals surface area contributed by atoms with E-state index >= 15 is 0 Å². The normalized spacial score (nSPS) is 18.0. The first-order valence-electron chi connectivity index (χ1n) is 8.74. The van der Waals surface area contributed by atoms with Crippen molar-refractivity contribution in [2.45, 2.75) is 46.1 Å². The van der Waals surface area contributed by atoms with Crippen LogP contribution in [0.15, 0.2) is 22.7 Å². The van der Waals surface area contributed by atoms with E-state index in [9.17, 15) is 4.79 Å². The number of aromatic nitrogens is 3. The summed E-state index contributed by atoms with van der Waals surface area (Å²) < 4.78 is 5.52. The van der Waals surface area contributed by atoms with Crippen molar-refractivity contribution < 1.29 is 9.32 Å². The summed E-state index contributed by atoms with van der Waals surface area (Å²) in [5.74, 6) is 1.17. The van der Waals surface area contributed by atoms with E-state index < -0.39 is 0 Å². The van der Waals surface area contributed by atoms with E-state index in [2.05, 4.69) is 35.0 Å². The van der Waals surface area contributed by atoms with Gasteiger partial charge in [-0.1, -0.05) is 5.16 Å². The fraction of sp³-hybridized carbons (Fsp3) is 0.421. The summed E-state index contributed by atoms with van der Waals surface area (Å²) in [5, 5.41) is 5.34. The molecular formula is C19H22N4O2. The molecule has 0 spiro atoms. The summed E-state index contributed by atoms with van der Waals surface area (Å²) >= 11 is 0. The molecule has 3 aromatic rings. The van der Waals surface area contributed by atoms with Gasteiger partial charge in [-0.2, -0.15) is 4.98 Å². The molecule has 1 aliphatic rings. The maximum Gasteiger partial charge on any atom is 0.249 e. The largest absolute Gasteiger partial charge is 0.358 e. The van der Waals surface area contributed by atoms with Crippen LogP contribution in [-0.2, 0) is 4.79 Å². The molecule has 0 radical (unpaired) electrons. The summed E-state index contributed by atoms with van der Waals surface area (Å²) in [6, 6.07) is 6.03. The number of hydrogen-bond donors (Lipinski definition) is 1. The average Bonchev–Trinajstić information content (AvgIpc) is 3.20. The lowest BCUT2D eigenvalue weighted by atomic mass is 10.0. The summed E-state index contributed by atoms with van der Waals surface area (Å²) in [5.41, 5.74) is 4.43. The maximum absolute atomic E-state index is 11.9. The van der Waals surface area contributed by atoms with Crippen molar-refractivity contribution in [3.8, 4) is 11.4 Å². The highest BCUT2D eigenvalue weighted by atomic mass is 16.5. The van der Waals surface area contributed by atoms with Gasteiger partial charge in [0.25, 0.3) is 0 Å². The van der Waals surface area contributed by atoms with Crippen LogP contribution in [0.5, 0.6) is 0 Å². The highest BCUT2D eigenvalue weighted by molar-refractivity contribution is 5.88. The van der Waals surface area contributed by atoms with Gasteiger partial charge in [-0.15, -0.1) is 0 Å². The smallest absolute Gasteiger partial charge is 0.249 e. The molecule has 1 unspecified atom stereocenters. The standard InChI is InChI=1S/C19H22N4O2/c1-11-12(2)20-16-8-7-14(10-15(11)16)18-21-19(25-22-18)17-6-4-5-9-23(17)13(3)24/h7-8,10,17,20H,4-6,9H2,1-3H3. The quantitative estimate of drug-likeness (QED) is 0.769. The molecular weight excluding hydrogens is 316 g/mol. The van der Waals surface area contributed by atoms with Crippen LogP contribution in [0.4, 0.5) is 0 Å². The molecule has 6 heteroatoms. The van der Waals surface area contributed by atoms with Gasteiger partial charge in [0, 0.05) is 35.6 Å². The predicted octanol–water partition coefficient (Wildman–Crippen LogP) is 3.91. The zero-order valence-corrected chi connectivity index (χ0v) is 14.8. The molecule has 1 atom stereocenters. The monoisotopic (exact) mass is 338 g/mol. The number of benzene rings is 1. The van der Waals surface area contributed by atoms with Crippen LogP contribution in [0.3, 0.4) is 0 Å². The van der Waals surface area contributed by atoms with Crippen LogP contribution in [0.1, 0.15) is 49.4 Å². The van der Waals surface area contributed by atoms with Crippen molar-refractivity contribution in [1.82, 2.24) is 20.0 Å². The molecule has 0 bridgehead atoms. The second-order valence-electron chi connectivity index (χ2n) is 6.82. The van der Waals surface area contributed by atoms with Gasteiger partial charge < -0.3 is 14.4 Å². The van der Waals surface area contributed by atoms with Crippen LogP contribution in [0, 0.1) is 13.8 Å². The van der Waals surface area contributed by atoms with Crippen LogP contribution in [0.2, 0.25) is 0 Å². The van der Waals surface area contributed by atoms with E-state index in [1.54, 1.807) is 6.92 Å². The second-order valence-corrected chi connectivity index (χ2v) is 6.82. The Hall–Kier alpha value is -2.63. The van der Waals surface area contributed by atoms with Gasteiger partial charge in [0.1, 0.15) is 6.04 Å². The number of amides is 1. The van der Waals surface area contributed by atoms with Crippen LogP contribution >= 0.6 is 0 Å². The zero-order chi connectivity index (χ0) is 17.6. The van der Waals surface area contributed by atoms with Gasteiger partial charge in [0.2, 0.25) is 17.6 Å². The van der Waals surface area contributed by atoms with Gasteiger partial charge in [0.05, 0.1) is 0 Å². The summed E-state index contributed by atoms with van der Waals surface area (Å²) in [6.45, 7) is 6.53. The number of carbonyl (C=O) groups excluding carboxylic acids is 1. The van der Waals surface area contributed by atoms with E-state index in [0.717, 1.165) is 36.9 Å². The highest BCUT2D eigenvalue weighted by Crippen LogP contribution is 2.32. The summed E-state index contributed by atoms with van der Waals surface area (Å²) in [4.78, 5) is 21.7. The Kier molecular flexibility index (Phi) is 3.82. The molecule has 1 saturated heterocycles. The minimum absolute atomic E-state index is 0.0595. The predicted molar refractivity (Wildman–Crippen MR) is 95.0 cm³/mol. The number of aromatic amines is 1. The molecule has 2 aromatic heterocycles. The first-order valence-corrected chi connectivity index (χ1v) is 8.74. The first-order chi connectivity index (χ1) is 12.0. The maximum atomic E-state index is 11.9. The van der Waals surface area contributed by atoms with Crippen molar-refractivity contribution in [3.63, 3.8) is 0 Å². The molecule has 25 heavy (non-hydrogen) atoms. The average molecular weight is 338 g/mol. The van der Waals surface area contributed by atoms with Crippen molar-refractivity contribution in [3.05, 3.63) is 35.3 Å². The molecule has 1 aromatic carbocycles. The third-order valence-corrected chi connectivity index (χ3v) is 5.20. The fourth-order valence-corrected chi connectivity index (χ4v) is 3.65. The lowest BCUT2D eigenvalue weighted by Crippen LogP contribution is -2.37. The number of likely N-dealkylation sites (tertiary alicyclic amines) is 1. The molecule has 4 rings (SSSR count). The molecule has 1 fully saturated rings. The molecule has 1 N–H and O–H groups in total. The number of rotatable bonds is 2. The first kappa shape index (κ1) is 15.9. The number of hydrogen-bond acceptors (Lipinski definition) is 4. The van der Waals surface area contributed by atoms with Crippen LogP contribution in [-0.4, -0.2) is 32.5 Å². The number of nitrogens with zero attached hydrogens (tertiary/aromatic N) is 3. The summed E-state index contributed by atoms with van der Waals surface area (Å²) in [6.07, 6.45) is 2.97. The molecule has 0 saturated carbocycles. The van der Waals surface area contributed by atoms with E-state index in [1.165, 1.54) is 16.6 Å². The van der Waals surface area contributed by atoms with Crippen molar-refractivity contribution in [1.29, 1.82) is 0 Å². The zero-order valence-electron chi connectivity index (χ0n) is 14.8. The Labute approximate surface area is 146 Å². The number of carbonyl (C=O) groups is 1. The molecule has 130 valence electrons. The van der Waals surface area contributed by atoms with E-state index in [4.69, 9.17) is 4.52 Å². The number of fused-ring (bicyclic) bond motifs is 1.